The lowest BCUT2D eigenvalue weighted by molar-refractivity contribution is -0.152. The van der Waals surface area contributed by atoms with Crippen molar-refractivity contribution in [1.82, 2.24) is 9.88 Å². The van der Waals surface area contributed by atoms with Gasteiger partial charge in [-0.15, -0.1) is 11.3 Å². The largest absolute Gasteiger partial charge is 0.466 e. The third-order valence-electron chi connectivity index (χ3n) is 4.59. The molecule has 2 unspecified atom stereocenters. The topological polar surface area (TPSA) is 59.5 Å². The average molecular weight is 322 g/mol. The summed E-state index contributed by atoms with van der Waals surface area (Å²) in [5, 5.41) is 0. The molecule has 3 rings (SSSR count). The molecule has 22 heavy (non-hydrogen) atoms. The standard InChI is InChI=1S/C16H22N2O3S/c1-2-21-16(20)12-4-3-7-18(9-12)15(19)11-5-6-13-14(8-11)22-10-17-13/h10-12H,2-9H2,1H3. The molecule has 1 aromatic rings. The van der Waals surface area contributed by atoms with Crippen molar-refractivity contribution in [2.45, 2.75) is 39.0 Å². The Morgan fingerprint density at radius 3 is 3.09 bits per heavy atom. The van der Waals surface area contributed by atoms with Crippen LogP contribution in [0.25, 0.3) is 0 Å². The summed E-state index contributed by atoms with van der Waals surface area (Å²) in [6.45, 7) is 3.50. The molecule has 1 fully saturated rings. The van der Waals surface area contributed by atoms with Crippen LogP contribution in [0, 0.1) is 11.8 Å². The lowest BCUT2D eigenvalue weighted by Gasteiger charge is -2.34. The van der Waals surface area contributed by atoms with Crippen LogP contribution in [-0.2, 0) is 27.2 Å². The van der Waals surface area contributed by atoms with E-state index in [1.807, 2.05) is 17.3 Å². The molecule has 0 aromatic carbocycles. The highest BCUT2D eigenvalue weighted by molar-refractivity contribution is 7.09. The van der Waals surface area contributed by atoms with Crippen molar-refractivity contribution in [2.75, 3.05) is 19.7 Å². The van der Waals surface area contributed by atoms with Gasteiger partial charge in [-0.2, -0.15) is 0 Å². The normalized spacial score (nSPS) is 24.7. The number of ether oxygens (including phenoxy) is 1. The highest BCUT2D eigenvalue weighted by atomic mass is 32.1. The van der Waals surface area contributed by atoms with Gasteiger partial charge in [-0.25, -0.2) is 4.98 Å². The van der Waals surface area contributed by atoms with Crippen molar-refractivity contribution < 1.29 is 14.3 Å². The molecule has 2 aliphatic rings. The Labute approximate surface area is 134 Å². The summed E-state index contributed by atoms with van der Waals surface area (Å²) < 4.78 is 5.11. The molecule has 1 amide bonds. The minimum atomic E-state index is -0.159. The predicted octanol–water partition coefficient (Wildman–Crippen LogP) is 2.05. The molecule has 5 nitrogen and oxygen atoms in total. The molecule has 0 bridgehead atoms. The number of hydrogen-bond donors (Lipinski definition) is 0. The quantitative estimate of drug-likeness (QED) is 0.799. The SMILES string of the molecule is CCOC(=O)C1CCCN(C(=O)C2CCc3ncsc3C2)C1. The average Bonchev–Trinajstić information content (AvgIpc) is 3.02. The van der Waals surface area contributed by atoms with E-state index in [1.54, 1.807) is 11.3 Å². The summed E-state index contributed by atoms with van der Waals surface area (Å²) in [6.07, 6.45) is 4.28. The van der Waals surface area contributed by atoms with Gasteiger partial charge in [0.1, 0.15) is 0 Å². The second-order valence-electron chi connectivity index (χ2n) is 6.04. The van der Waals surface area contributed by atoms with E-state index >= 15 is 0 Å². The van der Waals surface area contributed by atoms with Crippen molar-refractivity contribution in [3.8, 4) is 0 Å². The van der Waals surface area contributed by atoms with E-state index < -0.39 is 0 Å². The van der Waals surface area contributed by atoms with Gasteiger partial charge < -0.3 is 9.64 Å². The Morgan fingerprint density at radius 2 is 2.27 bits per heavy atom. The highest BCUT2D eigenvalue weighted by Gasteiger charge is 2.34. The molecule has 1 aliphatic carbocycles. The van der Waals surface area contributed by atoms with Crippen LogP contribution in [-0.4, -0.2) is 41.5 Å². The van der Waals surface area contributed by atoms with Crippen LogP contribution in [0.15, 0.2) is 5.51 Å². The van der Waals surface area contributed by atoms with Crippen molar-refractivity contribution in [3.05, 3.63) is 16.1 Å². The number of likely N-dealkylation sites (tertiary alicyclic amines) is 1. The number of carbonyl (C=O) groups is 2. The minimum absolute atomic E-state index is 0.0499. The van der Waals surface area contributed by atoms with Crippen LogP contribution >= 0.6 is 11.3 Å². The fraction of sp³-hybridized carbons (Fsp3) is 0.688. The minimum Gasteiger partial charge on any atom is -0.466 e. The number of aryl methyl sites for hydroxylation is 1. The summed E-state index contributed by atoms with van der Waals surface area (Å²) in [6, 6.07) is 0. The second kappa shape index (κ2) is 6.77. The van der Waals surface area contributed by atoms with Crippen molar-refractivity contribution in [1.29, 1.82) is 0 Å². The van der Waals surface area contributed by atoms with Gasteiger partial charge in [0, 0.05) is 23.9 Å². The van der Waals surface area contributed by atoms with Crippen LogP contribution in [0.3, 0.4) is 0 Å². The van der Waals surface area contributed by atoms with Crippen molar-refractivity contribution >= 4 is 23.2 Å². The molecule has 2 heterocycles. The lowest BCUT2D eigenvalue weighted by atomic mass is 9.88. The van der Waals surface area contributed by atoms with E-state index in [0.717, 1.165) is 44.3 Å². The van der Waals surface area contributed by atoms with Gasteiger partial charge in [-0.05, 0) is 39.0 Å². The summed E-state index contributed by atoms with van der Waals surface area (Å²) in [5.41, 5.74) is 3.03. The number of amides is 1. The van der Waals surface area contributed by atoms with Crippen molar-refractivity contribution in [3.63, 3.8) is 0 Å². The Balaban J connectivity index is 1.61. The molecule has 0 N–H and O–H groups in total. The number of fused-ring (bicyclic) bond motifs is 1. The van der Waals surface area contributed by atoms with E-state index in [1.165, 1.54) is 4.88 Å². The molecule has 2 atom stereocenters. The smallest absolute Gasteiger partial charge is 0.310 e. The molecule has 0 saturated carbocycles. The highest BCUT2D eigenvalue weighted by Crippen LogP contribution is 2.30. The van der Waals surface area contributed by atoms with Crippen LogP contribution in [0.5, 0.6) is 0 Å². The fourth-order valence-electron chi connectivity index (χ4n) is 3.40. The number of thiazole rings is 1. The zero-order valence-corrected chi connectivity index (χ0v) is 13.7. The van der Waals surface area contributed by atoms with E-state index in [4.69, 9.17) is 4.74 Å². The van der Waals surface area contributed by atoms with E-state index in [0.29, 0.717) is 13.2 Å². The molecule has 6 heteroatoms. The van der Waals surface area contributed by atoms with Gasteiger partial charge in [0.25, 0.3) is 0 Å². The number of carbonyl (C=O) groups excluding carboxylic acids is 2. The maximum Gasteiger partial charge on any atom is 0.310 e. The number of nitrogens with zero attached hydrogens (tertiary/aromatic N) is 2. The molecule has 1 aliphatic heterocycles. The van der Waals surface area contributed by atoms with Gasteiger partial charge in [0.15, 0.2) is 0 Å². The fourth-order valence-corrected chi connectivity index (χ4v) is 4.29. The zero-order valence-electron chi connectivity index (χ0n) is 12.9. The number of esters is 1. The Kier molecular flexibility index (Phi) is 4.76. The first-order valence-corrected chi connectivity index (χ1v) is 8.93. The summed E-state index contributed by atoms with van der Waals surface area (Å²) in [4.78, 5) is 32.2. The molecule has 120 valence electrons. The van der Waals surface area contributed by atoms with Crippen LogP contribution in [0.4, 0.5) is 0 Å². The maximum atomic E-state index is 12.8. The number of aromatic nitrogens is 1. The predicted molar refractivity (Wildman–Crippen MR) is 83.6 cm³/mol. The van der Waals surface area contributed by atoms with Gasteiger partial charge in [-0.3, -0.25) is 9.59 Å². The van der Waals surface area contributed by atoms with Gasteiger partial charge in [0.05, 0.1) is 23.7 Å². The number of rotatable bonds is 3. The van der Waals surface area contributed by atoms with Crippen LogP contribution < -0.4 is 0 Å². The van der Waals surface area contributed by atoms with Crippen LogP contribution in [0.1, 0.15) is 36.8 Å². The molecule has 1 saturated heterocycles. The molecular weight excluding hydrogens is 300 g/mol. The summed E-state index contributed by atoms with van der Waals surface area (Å²) in [7, 11) is 0. The first-order valence-electron chi connectivity index (χ1n) is 8.05. The monoisotopic (exact) mass is 322 g/mol. The first kappa shape index (κ1) is 15.5. The molecule has 0 radical (unpaired) electrons. The van der Waals surface area contributed by atoms with E-state index in [9.17, 15) is 9.59 Å². The molecule has 0 spiro atoms. The van der Waals surface area contributed by atoms with Crippen LogP contribution in [0.2, 0.25) is 0 Å². The zero-order chi connectivity index (χ0) is 15.5. The Morgan fingerprint density at radius 1 is 1.41 bits per heavy atom. The third kappa shape index (κ3) is 3.16. The van der Waals surface area contributed by atoms with Gasteiger partial charge >= 0.3 is 5.97 Å². The number of piperidine rings is 1. The second-order valence-corrected chi connectivity index (χ2v) is 6.98. The summed E-state index contributed by atoms with van der Waals surface area (Å²) >= 11 is 1.65. The lowest BCUT2D eigenvalue weighted by Crippen LogP contribution is -2.46. The van der Waals surface area contributed by atoms with Gasteiger partial charge in [0.2, 0.25) is 5.91 Å². The maximum absolute atomic E-state index is 12.8. The third-order valence-corrected chi connectivity index (χ3v) is 5.49. The summed E-state index contributed by atoms with van der Waals surface area (Å²) in [5.74, 6) is -0.0597. The Hall–Kier alpha value is -1.43. The Bertz CT molecular complexity index is 557. The molecule has 1 aromatic heterocycles. The van der Waals surface area contributed by atoms with Gasteiger partial charge in [-0.1, -0.05) is 0 Å². The number of hydrogen-bond acceptors (Lipinski definition) is 5. The first-order chi connectivity index (χ1) is 10.7. The van der Waals surface area contributed by atoms with E-state index in [2.05, 4.69) is 4.98 Å². The molecular formula is C16H22N2O3S. The van der Waals surface area contributed by atoms with E-state index in [-0.39, 0.29) is 23.7 Å². The van der Waals surface area contributed by atoms with Crippen molar-refractivity contribution in [2.24, 2.45) is 11.8 Å².